The average Bonchev–Trinajstić information content (AvgIpc) is 3.30. The van der Waals surface area contributed by atoms with Crippen LogP contribution in [0.5, 0.6) is 0 Å². The van der Waals surface area contributed by atoms with E-state index in [9.17, 15) is 14.4 Å². The summed E-state index contributed by atoms with van der Waals surface area (Å²) < 4.78 is 1.37. The second kappa shape index (κ2) is 8.79. The summed E-state index contributed by atoms with van der Waals surface area (Å²) in [6.45, 7) is 2.41. The molecule has 0 unspecified atom stereocenters. The Labute approximate surface area is 180 Å². The van der Waals surface area contributed by atoms with Crippen molar-refractivity contribution in [2.45, 2.75) is 58.0 Å². The van der Waals surface area contributed by atoms with Crippen LogP contribution in [0.4, 0.5) is 11.5 Å². The van der Waals surface area contributed by atoms with Gasteiger partial charge in [-0.3, -0.25) is 24.0 Å². The summed E-state index contributed by atoms with van der Waals surface area (Å²) in [7, 11) is 0. The Morgan fingerprint density at radius 3 is 2.55 bits per heavy atom. The summed E-state index contributed by atoms with van der Waals surface area (Å²) in [5.41, 5.74) is 5.78. The number of hydrogen-bond donors (Lipinski definition) is 2. The number of hydrogen-bond acceptors (Lipinski definition) is 4. The van der Waals surface area contributed by atoms with Crippen LogP contribution in [0, 0.1) is 0 Å². The molecule has 0 saturated heterocycles. The summed E-state index contributed by atoms with van der Waals surface area (Å²) in [5.74, 6) is -0.209. The number of nitrogens with zero attached hydrogens (tertiary/aromatic N) is 2. The number of nitrogens with two attached hydrogens (primary N) is 1. The predicted molar refractivity (Wildman–Crippen MR) is 124 cm³/mol. The number of carbonyl (C=O) groups excluding carboxylic acids is 1. The summed E-state index contributed by atoms with van der Waals surface area (Å²) in [6, 6.07) is 13.2. The van der Waals surface area contributed by atoms with E-state index in [0.717, 1.165) is 49.3 Å². The third-order valence-corrected chi connectivity index (χ3v) is 6.10. The molecule has 0 spiro atoms. The van der Waals surface area contributed by atoms with E-state index in [1.54, 1.807) is 6.07 Å². The van der Waals surface area contributed by atoms with E-state index in [4.69, 9.17) is 5.73 Å². The molecule has 162 valence electrons. The summed E-state index contributed by atoms with van der Waals surface area (Å²) in [6.07, 6.45) is 5.19. The SMILES string of the molecule is CCCCn1c(N)c(N(C(=O)c2ccc3ccccc3c2)C2CCCC2)c(=O)[nH]c1=O. The molecular weight excluding hydrogens is 392 g/mol. The Morgan fingerprint density at radius 2 is 1.84 bits per heavy atom. The van der Waals surface area contributed by atoms with E-state index in [1.807, 2.05) is 43.3 Å². The molecule has 0 bridgehead atoms. The minimum atomic E-state index is -0.615. The normalized spacial score (nSPS) is 14.2. The van der Waals surface area contributed by atoms with Crippen molar-refractivity contribution >= 4 is 28.2 Å². The van der Waals surface area contributed by atoms with E-state index in [-0.39, 0.29) is 23.5 Å². The van der Waals surface area contributed by atoms with Crippen molar-refractivity contribution in [3.05, 3.63) is 68.9 Å². The quantitative estimate of drug-likeness (QED) is 0.635. The zero-order chi connectivity index (χ0) is 22.0. The molecule has 4 rings (SSSR count). The summed E-state index contributed by atoms with van der Waals surface area (Å²) in [4.78, 5) is 42.9. The molecule has 0 aliphatic heterocycles. The number of nitrogen functional groups attached to an aromatic ring is 1. The van der Waals surface area contributed by atoms with Crippen molar-refractivity contribution in [3.8, 4) is 0 Å². The van der Waals surface area contributed by atoms with Gasteiger partial charge in [-0.05, 0) is 42.2 Å². The molecule has 31 heavy (non-hydrogen) atoms. The smallest absolute Gasteiger partial charge is 0.330 e. The van der Waals surface area contributed by atoms with Crippen LogP contribution in [0.15, 0.2) is 52.1 Å². The Morgan fingerprint density at radius 1 is 1.13 bits per heavy atom. The second-order valence-corrected chi connectivity index (χ2v) is 8.17. The molecule has 0 atom stereocenters. The van der Waals surface area contributed by atoms with Crippen LogP contribution in [0.3, 0.4) is 0 Å². The number of anilines is 2. The van der Waals surface area contributed by atoms with E-state index in [0.29, 0.717) is 12.1 Å². The van der Waals surface area contributed by atoms with Gasteiger partial charge in [0, 0.05) is 18.2 Å². The lowest BCUT2D eigenvalue weighted by Crippen LogP contribution is -2.45. The summed E-state index contributed by atoms with van der Waals surface area (Å²) >= 11 is 0. The molecule has 3 N–H and O–H groups in total. The number of rotatable bonds is 6. The molecule has 2 aromatic carbocycles. The van der Waals surface area contributed by atoms with Gasteiger partial charge >= 0.3 is 5.69 Å². The van der Waals surface area contributed by atoms with E-state index < -0.39 is 11.2 Å². The first-order valence-corrected chi connectivity index (χ1v) is 11.0. The van der Waals surface area contributed by atoms with Gasteiger partial charge in [-0.1, -0.05) is 56.5 Å². The van der Waals surface area contributed by atoms with Crippen molar-refractivity contribution in [3.63, 3.8) is 0 Å². The molecule has 3 aromatic rings. The monoisotopic (exact) mass is 420 g/mol. The third-order valence-electron chi connectivity index (χ3n) is 6.10. The number of nitrogens with one attached hydrogen (secondary N) is 1. The minimum absolute atomic E-state index is 0.0586. The molecule has 1 aliphatic rings. The highest BCUT2D eigenvalue weighted by atomic mass is 16.2. The predicted octanol–water partition coefficient (Wildman–Crippen LogP) is 3.66. The van der Waals surface area contributed by atoms with Crippen molar-refractivity contribution in [2.75, 3.05) is 10.6 Å². The van der Waals surface area contributed by atoms with Gasteiger partial charge < -0.3 is 5.73 Å². The Bertz CT molecular complexity index is 1220. The fourth-order valence-electron chi connectivity index (χ4n) is 4.42. The lowest BCUT2D eigenvalue weighted by molar-refractivity contribution is 0.0976. The average molecular weight is 421 g/mol. The van der Waals surface area contributed by atoms with Crippen LogP contribution < -0.4 is 21.9 Å². The second-order valence-electron chi connectivity index (χ2n) is 8.17. The van der Waals surface area contributed by atoms with Crippen LogP contribution in [0.2, 0.25) is 0 Å². The molecule has 1 saturated carbocycles. The Hall–Kier alpha value is -3.35. The van der Waals surface area contributed by atoms with Crippen LogP contribution >= 0.6 is 0 Å². The van der Waals surface area contributed by atoms with Crippen molar-refractivity contribution in [1.82, 2.24) is 9.55 Å². The lowest BCUT2D eigenvalue weighted by atomic mass is 10.0. The number of H-pyrrole nitrogens is 1. The number of carbonyl (C=O) groups is 1. The molecule has 1 fully saturated rings. The van der Waals surface area contributed by atoms with Gasteiger partial charge in [-0.25, -0.2) is 4.79 Å². The van der Waals surface area contributed by atoms with Crippen LogP contribution in [0.25, 0.3) is 10.8 Å². The van der Waals surface area contributed by atoms with E-state index >= 15 is 0 Å². The zero-order valence-electron chi connectivity index (χ0n) is 17.8. The highest BCUT2D eigenvalue weighted by Crippen LogP contribution is 2.31. The van der Waals surface area contributed by atoms with Crippen molar-refractivity contribution in [2.24, 2.45) is 0 Å². The van der Waals surface area contributed by atoms with E-state index in [2.05, 4.69) is 4.98 Å². The highest BCUT2D eigenvalue weighted by Gasteiger charge is 2.33. The van der Waals surface area contributed by atoms with Crippen molar-refractivity contribution < 1.29 is 4.79 Å². The number of aromatic amines is 1. The first-order valence-electron chi connectivity index (χ1n) is 11.0. The van der Waals surface area contributed by atoms with Gasteiger partial charge in [0.05, 0.1) is 0 Å². The van der Waals surface area contributed by atoms with Gasteiger partial charge in [-0.2, -0.15) is 0 Å². The maximum Gasteiger partial charge on any atom is 0.330 e. The zero-order valence-corrected chi connectivity index (χ0v) is 17.8. The molecular formula is C24H28N4O3. The largest absolute Gasteiger partial charge is 0.383 e. The fourth-order valence-corrected chi connectivity index (χ4v) is 4.42. The van der Waals surface area contributed by atoms with Crippen LogP contribution in [-0.4, -0.2) is 21.5 Å². The van der Waals surface area contributed by atoms with Crippen LogP contribution in [0.1, 0.15) is 55.8 Å². The minimum Gasteiger partial charge on any atom is -0.383 e. The highest BCUT2D eigenvalue weighted by molar-refractivity contribution is 6.09. The molecule has 7 heteroatoms. The van der Waals surface area contributed by atoms with Gasteiger partial charge in [0.2, 0.25) is 0 Å². The Kier molecular flexibility index (Phi) is 5.93. The number of aromatic nitrogens is 2. The topological polar surface area (TPSA) is 101 Å². The molecule has 1 aromatic heterocycles. The first-order chi connectivity index (χ1) is 15.0. The van der Waals surface area contributed by atoms with E-state index in [1.165, 1.54) is 9.47 Å². The molecule has 7 nitrogen and oxygen atoms in total. The lowest BCUT2D eigenvalue weighted by Gasteiger charge is -2.30. The number of fused-ring (bicyclic) bond motifs is 1. The van der Waals surface area contributed by atoms with Gasteiger partial charge in [0.1, 0.15) is 5.82 Å². The maximum absolute atomic E-state index is 13.7. The molecule has 1 aliphatic carbocycles. The van der Waals surface area contributed by atoms with Gasteiger partial charge in [0.15, 0.2) is 5.69 Å². The number of benzene rings is 2. The molecule has 1 heterocycles. The number of amides is 1. The third kappa shape index (κ3) is 4.00. The Balaban J connectivity index is 1.84. The molecule has 0 radical (unpaired) electrons. The standard InChI is InChI=1S/C24H28N4O3/c1-2-3-14-27-21(25)20(22(29)26-24(27)31)28(19-10-6-7-11-19)23(30)18-13-12-16-8-4-5-9-17(16)15-18/h4-5,8-9,12-13,15,19H,2-3,6-7,10-11,14,25H2,1H3,(H,26,29,31). The molecule has 1 amide bonds. The first kappa shape index (κ1) is 20.9. The number of unbranched alkanes of at least 4 members (excludes halogenated alkanes) is 1. The maximum atomic E-state index is 13.7. The van der Waals surface area contributed by atoms with Crippen molar-refractivity contribution in [1.29, 1.82) is 0 Å². The van der Waals surface area contributed by atoms with Gasteiger partial charge in [0.25, 0.3) is 11.5 Å². The fraction of sp³-hybridized carbons (Fsp3) is 0.375. The summed E-state index contributed by atoms with van der Waals surface area (Å²) in [5, 5.41) is 1.99. The van der Waals surface area contributed by atoms with Gasteiger partial charge in [-0.15, -0.1) is 0 Å². The van der Waals surface area contributed by atoms with Crippen LogP contribution in [-0.2, 0) is 6.54 Å².